The molecular formula is C18H11ClN2O2. The Hall–Kier alpha value is -2.85. The number of nitrogens with zero attached hydrogens (tertiary/aromatic N) is 1. The Kier molecular flexibility index (Phi) is 3.06. The van der Waals surface area contributed by atoms with Crippen LogP contribution in [-0.2, 0) is 0 Å². The first-order valence-corrected chi connectivity index (χ1v) is 7.42. The molecule has 23 heavy (non-hydrogen) atoms. The van der Waals surface area contributed by atoms with E-state index in [4.69, 9.17) is 11.6 Å². The molecule has 0 atom stereocenters. The lowest BCUT2D eigenvalue weighted by Crippen LogP contribution is -2.01. The Morgan fingerprint density at radius 2 is 1.78 bits per heavy atom. The van der Waals surface area contributed by atoms with Crippen molar-refractivity contribution in [3.8, 4) is 11.3 Å². The van der Waals surface area contributed by atoms with Gasteiger partial charge in [0, 0.05) is 21.9 Å². The maximum absolute atomic E-state index is 11.5. The van der Waals surface area contributed by atoms with Crippen molar-refractivity contribution in [2.45, 2.75) is 0 Å². The van der Waals surface area contributed by atoms with E-state index in [0.717, 1.165) is 21.8 Å². The number of carboxylic acid groups (broad SMARTS) is 1. The topological polar surface area (TPSA) is 66.0 Å². The van der Waals surface area contributed by atoms with Gasteiger partial charge in [0.05, 0.1) is 16.2 Å². The fraction of sp³-hybridized carbons (Fsp3) is 0. The van der Waals surface area contributed by atoms with E-state index >= 15 is 0 Å². The van der Waals surface area contributed by atoms with E-state index in [9.17, 15) is 9.90 Å². The Morgan fingerprint density at radius 1 is 1.04 bits per heavy atom. The summed E-state index contributed by atoms with van der Waals surface area (Å²) in [5.41, 5.74) is 2.96. The van der Waals surface area contributed by atoms with Crippen LogP contribution in [0.5, 0.6) is 0 Å². The van der Waals surface area contributed by atoms with Crippen LogP contribution in [0, 0.1) is 0 Å². The molecule has 2 aromatic heterocycles. The number of aromatic carboxylic acids is 1. The summed E-state index contributed by atoms with van der Waals surface area (Å²) in [6, 6.07) is 16.6. The molecule has 112 valence electrons. The number of halogens is 1. The largest absolute Gasteiger partial charge is 0.477 e. The van der Waals surface area contributed by atoms with Gasteiger partial charge in [0.15, 0.2) is 0 Å². The predicted octanol–water partition coefficient (Wildman–Crippen LogP) is 4.73. The first-order chi connectivity index (χ1) is 11.1. The van der Waals surface area contributed by atoms with Gasteiger partial charge in [-0.05, 0) is 18.2 Å². The van der Waals surface area contributed by atoms with Gasteiger partial charge in [-0.2, -0.15) is 0 Å². The fourth-order valence-corrected chi connectivity index (χ4v) is 3.03. The van der Waals surface area contributed by atoms with Crippen molar-refractivity contribution in [1.82, 2.24) is 9.97 Å². The summed E-state index contributed by atoms with van der Waals surface area (Å²) in [5.74, 6) is -1.06. The quantitative estimate of drug-likeness (QED) is 0.560. The maximum Gasteiger partial charge on any atom is 0.354 e. The van der Waals surface area contributed by atoms with Gasteiger partial charge in [-0.15, -0.1) is 0 Å². The number of nitrogens with one attached hydrogen (secondary N) is 1. The number of aromatic amines is 1. The monoisotopic (exact) mass is 322 g/mol. The Bertz CT molecular complexity index is 1070. The van der Waals surface area contributed by atoms with E-state index in [0.29, 0.717) is 16.3 Å². The molecule has 0 fully saturated rings. The minimum atomic E-state index is -1.06. The van der Waals surface area contributed by atoms with Crippen LogP contribution in [0.2, 0.25) is 5.02 Å². The molecule has 0 bridgehead atoms. The number of hydrogen-bond acceptors (Lipinski definition) is 2. The van der Waals surface area contributed by atoms with E-state index < -0.39 is 5.97 Å². The Morgan fingerprint density at radius 3 is 2.57 bits per heavy atom. The van der Waals surface area contributed by atoms with Gasteiger partial charge in [-0.1, -0.05) is 48.0 Å². The highest BCUT2D eigenvalue weighted by atomic mass is 35.5. The summed E-state index contributed by atoms with van der Waals surface area (Å²) in [7, 11) is 0. The van der Waals surface area contributed by atoms with E-state index in [1.165, 1.54) is 0 Å². The van der Waals surface area contributed by atoms with Gasteiger partial charge in [0.25, 0.3) is 0 Å². The molecule has 0 unspecified atom stereocenters. The van der Waals surface area contributed by atoms with Crippen molar-refractivity contribution in [2.24, 2.45) is 0 Å². The summed E-state index contributed by atoms with van der Waals surface area (Å²) in [6.45, 7) is 0. The number of carboxylic acids is 1. The fourth-order valence-electron chi connectivity index (χ4n) is 2.80. The second-order valence-electron chi connectivity index (χ2n) is 5.23. The van der Waals surface area contributed by atoms with Crippen molar-refractivity contribution >= 4 is 39.4 Å². The number of rotatable bonds is 2. The third-order valence-electron chi connectivity index (χ3n) is 3.84. The summed E-state index contributed by atoms with van der Waals surface area (Å²) < 4.78 is 0. The van der Waals surface area contributed by atoms with Crippen molar-refractivity contribution in [1.29, 1.82) is 0 Å². The number of para-hydroxylation sites is 1. The lowest BCUT2D eigenvalue weighted by molar-refractivity contribution is 0.0691. The Balaban J connectivity index is 2.17. The minimum absolute atomic E-state index is 0.00262. The average Bonchev–Trinajstić information content (AvgIpc) is 2.93. The zero-order chi connectivity index (χ0) is 16.0. The standard InChI is InChI=1S/C18H11ClN2O2/c19-13-7-3-1-6-11(13)16-17-12(9-15(21-16)18(22)23)10-5-2-4-8-14(10)20-17/h1-9,20H,(H,22,23). The zero-order valence-electron chi connectivity index (χ0n) is 11.9. The van der Waals surface area contributed by atoms with Gasteiger partial charge >= 0.3 is 5.97 Å². The highest BCUT2D eigenvalue weighted by Gasteiger charge is 2.17. The zero-order valence-corrected chi connectivity index (χ0v) is 12.6. The molecule has 2 aromatic carbocycles. The molecule has 5 heteroatoms. The maximum atomic E-state index is 11.5. The third kappa shape index (κ3) is 2.15. The Labute approximate surface area is 136 Å². The van der Waals surface area contributed by atoms with Gasteiger partial charge in [0.1, 0.15) is 5.69 Å². The SMILES string of the molecule is O=C(O)c1cc2c([nH]c3ccccc32)c(-c2ccccc2Cl)n1. The second kappa shape index (κ2) is 5.11. The number of pyridine rings is 1. The van der Waals surface area contributed by atoms with Crippen LogP contribution in [-0.4, -0.2) is 21.0 Å². The summed E-state index contributed by atoms with van der Waals surface area (Å²) in [5, 5.41) is 11.7. The number of aromatic nitrogens is 2. The molecule has 0 aliphatic heterocycles. The molecule has 0 saturated heterocycles. The molecule has 0 radical (unpaired) electrons. The summed E-state index contributed by atoms with van der Waals surface area (Å²) in [6.07, 6.45) is 0. The predicted molar refractivity (Wildman–Crippen MR) is 91.0 cm³/mol. The van der Waals surface area contributed by atoms with Crippen LogP contribution < -0.4 is 0 Å². The average molecular weight is 323 g/mol. The molecular weight excluding hydrogens is 312 g/mol. The number of carbonyl (C=O) groups is 1. The van der Waals surface area contributed by atoms with Crippen LogP contribution >= 0.6 is 11.6 Å². The first kappa shape index (κ1) is 13.8. The first-order valence-electron chi connectivity index (χ1n) is 7.05. The number of hydrogen-bond donors (Lipinski definition) is 2. The molecule has 0 saturated carbocycles. The van der Waals surface area contributed by atoms with Crippen molar-refractivity contribution in [2.75, 3.05) is 0 Å². The van der Waals surface area contributed by atoms with Crippen LogP contribution in [0.15, 0.2) is 54.6 Å². The van der Waals surface area contributed by atoms with Gasteiger partial charge < -0.3 is 10.1 Å². The molecule has 0 spiro atoms. The van der Waals surface area contributed by atoms with Crippen molar-refractivity contribution in [3.63, 3.8) is 0 Å². The molecule has 4 nitrogen and oxygen atoms in total. The molecule has 2 N–H and O–H groups in total. The minimum Gasteiger partial charge on any atom is -0.477 e. The van der Waals surface area contributed by atoms with Crippen molar-refractivity contribution in [3.05, 3.63) is 65.3 Å². The van der Waals surface area contributed by atoms with Gasteiger partial charge in [0.2, 0.25) is 0 Å². The van der Waals surface area contributed by atoms with E-state index in [1.54, 1.807) is 12.1 Å². The smallest absolute Gasteiger partial charge is 0.354 e. The van der Waals surface area contributed by atoms with E-state index in [-0.39, 0.29) is 5.69 Å². The molecule has 2 heterocycles. The summed E-state index contributed by atoms with van der Waals surface area (Å²) >= 11 is 6.29. The second-order valence-corrected chi connectivity index (χ2v) is 5.64. The highest BCUT2D eigenvalue weighted by molar-refractivity contribution is 6.33. The van der Waals surface area contributed by atoms with Gasteiger partial charge in [-0.25, -0.2) is 9.78 Å². The van der Waals surface area contributed by atoms with Crippen LogP contribution in [0.4, 0.5) is 0 Å². The summed E-state index contributed by atoms with van der Waals surface area (Å²) in [4.78, 5) is 19.1. The molecule has 4 aromatic rings. The molecule has 0 aliphatic rings. The lowest BCUT2D eigenvalue weighted by atomic mass is 10.1. The molecule has 0 amide bonds. The number of fused-ring (bicyclic) bond motifs is 3. The highest BCUT2D eigenvalue weighted by Crippen LogP contribution is 2.35. The number of benzene rings is 2. The lowest BCUT2D eigenvalue weighted by Gasteiger charge is -2.07. The van der Waals surface area contributed by atoms with Crippen molar-refractivity contribution < 1.29 is 9.90 Å². The third-order valence-corrected chi connectivity index (χ3v) is 4.17. The van der Waals surface area contributed by atoms with Crippen LogP contribution in [0.1, 0.15) is 10.5 Å². The molecule has 0 aliphatic carbocycles. The normalized spacial score (nSPS) is 11.2. The van der Waals surface area contributed by atoms with Gasteiger partial charge in [-0.3, -0.25) is 0 Å². The van der Waals surface area contributed by atoms with Crippen LogP contribution in [0.25, 0.3) is 33.1 Å². The number of H-pyrrole nitrogens is 1. The van der Waals surface area contributed by atoms with E-state index in [2.05, 4.69) is 9.97 Å². The van der Waals surface area contributed by atoms with E-state index in [1.807, 2.05) is 42.5 Å². The van der Waals surface area contributed by atoms with Crippen LogP contribution in [0.3, 0.4) is 0 Å². The molecule has 4 rings (SSSR count).